The average Bonchev–Trinajstić information content (AvgIpc) is 2.53. The molecule has 2 rings (SSSR count). The Balaban J connectivity index is 2.89. The lowest BCUT2D eigenvalue weighted by Crippen LogP contribution is -1.94. The van der Waals surface area contributed by atoms with Gasteiger partial charge in [-0.1, -0.05) is 0 Å². The summed E-state index contributed by atoms with van der Waals surface area (Å²) in [5.41, 5.74) is 2.42. The van der Waals surface area contributed by atoms with Crippen molar-refractivity contribution < 1.29 is 9.53 Å². The lowest BCUT2D eigenvalue weighted by Gasteiger charge is -2.04. The predicted molar refractivity (Wildman–Crippen MR) is 57.4 cm³/mol. The number of hydrogen-bond donors (Lipinski definition) is 0. The summed E-state index contributed by atoms with van der Waals surface area (Å²) in [5, 5.41) is 5.25. The van der Waals surface area contributed by atoms with E-state index in [2.05, 4.69) is 5.10 Å². The van der Waals surface area contributed by atoms with Gasteiger partial charge in [0.05, 0.1) is 12.8 Å². The minimum absolute atomic E-state index is 0.607. The molecule has 0 aliphatic rings. The third-order valence-corrected chi connectivity index (χ3v) is 2.47. The molecule has 0 aliphatic carbocycles. The van der Waals surface area contributed by atoms with Gasteiger partial charge in [0, 0.05) is 18.0 Å². The van der Waals surface area contributed by atoms with Gasteiger partial charge in [0.2, 0.25) is 0 Å². The molecule has 0 N–H and O–H groups in total. The molecule has 0 amide bonds. The highest BCUT2D eigenvalue weighted by atomic mass is 16.5. The van der Waals surface area contributed by atoms with Crippen LogP contribution in [0.1, 0.15) is 16.1 Å². The van der Waals surface area contributed by atoms with E-state index in [0.717, 1.165) is 22.9 Å². The average molecular weight is 204 g/mol. The molecule has 0 spiro atoms. The van der Waals surface area contributed by atoms with Crippen molar-refractivity contribution in [2.45, 2.75) is 6.92 Å². The Bertz CT molecular complexity index is 529. The molecule has 0 bridgehead atoms. The Labute approximate surface area is 87.5 Å². The van der Waals surface area contributed by atoms with E-state index in [1.54, 1.807) is 17.9 Å². The summed E-state index contributed by atoms with van der Waals surface area (Å²) in [6, 6.07) is 3.55. The van der Waals surface area contributed by atoms with Crippen LogP contribution < -0.4 is 4.74 Å². The number of rotatable bonds is 2. The summed E-state index contributed by atoms with van der Waals surface area (Å²) in [6.07, 6.45) is 0.814. The molecule has 0 radical (unpaired) electrons. The van der Waals surface area contributed by atoms with Crippen molar-refractivity contribution >= 4 is 17.2 Å². The van der Waals surface area contributed by atoms with Crippen LogP contribution in [-0.2, 0) is 7.05 Å². The van der Waals surface area contributed by atoms with Crippen molar-refractivity contribution in [3.8, 4) is 5.75 Å². The van der Waals surface area contributed by atoms with E-state index in [4.69, 9.17) is 4.74 Å². The smallest absolute Gasteiger partial charge is 0.150 e. The maximum atomic E-state index is 10.8. The molecular formula is C11H12N2O2. The van der Waals surface area contributed by atoms with Crippen molar-refractivity contribution in [1.82, 2.24) is 9.78 Å². The molecule has 0 saturated carbocycles. The van der Waals surface area contributed by atoms with Crippen molar-refractivity contribution in [2.24, 2.45) is 7.05 Å². The number of hydrogen-bond acceptors (Lipinski definition) is 3. The maximum Gasteiger partial charge on any atom is 0.150 e. The van der Waals surface area contributed by atoms with Gasteiger partial charge in [-0.15, -0.1) is 0 Å². The van der Waals surface area contributed by atoms with E-state index in [1.165, 1.54) is 0 Å². The Kier molecular flexibility index (Phi) is 2.19. The third kappa shape index (κ3) is 1.38. The van der Waals surface area contributed by atoms with Crippen LogP contribution in [0.2, 0.25) is 0 Å². The van der Waals surface area contributed by atoms with Gasteiger partial charge in [-0.2, -0.15) is 5.10 Å². The van der Waals surface area contributed by atoms with Crippen molar-refractivity contribution in [3.63, 3.8) is 0 Å². The first kappa shape index (κ1) is 9.71. The number of nitrogens with zero attached hydrogens (tertiary/aromatic N) is 2. The zero-order chi connectivity index (χ0) is 11.0. The van der Waals surface area contributed by atoms with Crippen LogP contribution in [0.4, 0.5) is 0 Å². The Hall–Kier alpha value is -1.84. The van der Waals surface area contributed by atoms with Crippen LogP contribution in [-0.4, -0.2) is 23.2 Å². The second-order valence-electron chi connectivity index (χ2n) is 3.45. The van der Waals surface area contributed by atoms with E-state index >= 15 is 0 Å². The predicted octanol–water partition coefficient (Wildman–Crippen LogP) is 1.70. The minimum Gasteiger partial charge on any atom is -0.494 e. The number of carbonyl (C=O) groups is 1. The molecule has 2 aromatic rings. The van der Waals surface area contributed by atoms with Gasteiger partial charge < -0.3 is 4.74 Å². The summed E-state index contributed by atoms with van der Waals surface area (Å²) < 4.78 is 7.01. The molecule has 1 heterocycles. The highest BCUT2D eigenvalue weighted by Crippen LogP contribution is 2.28. The molecule has 0 saturated heterocycles. The third-order valence-electron chi connectivity index (χ3n) is 2.47. The van der Waals surface area contributed by atoms with Gasteiger partial charge in [-0.3, -0.25) is 9.48 Å². The lowest BCUT2D eigenvalue weighted by molar-refractivity contribution is 0.112. The first-order chi connectivity index (χ1) is 7.17. The first-order valence-electron chi connectivity index (χ1n) is 4.64. The molecule has 1 aromatic carbocycles. The molecule has 0 unspecified atom stereocenters. The normalized spacial score (nSPS) is 10.6. The quantitative estimate of drug-likeness (QED) is 0.699. The summed E-state index contributed by atoms with van der Waals surface area (Å²) in [5.74, 6) is 0.678. The van der Waals surface area contributed by atoms with Crippen LogP contribution in [0.25, 0.3) is 10.9 Å². The topological polar surface area (TPSA) is 44.1 Å². The number of methoxy groups -OCH3 is 1. The number of aryl methyl sites for hydroxylation is 2. The fraction of sp³-hybridized carbons (Fsp3) is 0.273. The van der Waals surface area contributed by atoms with Gasteiger partial charge in [-0.25, -0.2) is 0 Å². The largest absolute Gasteiger partial charge is 0.494 e. The fourth-order valence-corrected chi connectivity index (χ4v) is 1.79. The van der Waals surface area contributed by atoms with Gasteiger partial charge in [-0.05, 0) is 19.1 Å². The Morgan fingerprint density at radius 3 is 2.80 bits per heavy atom. The molecule has 4 heteroatoms. The van der Waals surface area contributed by atoms with Gasteiger partial charge in [0.15, 0.2) is 0 Å². The minimum atomic E-state index is 0.607. The summed E-state index contributed by atoms with van der Waals surface area (Å²) in [4.78, 5) is 10.8. The Morgan fingerprint density at radius 2 is 2.20 bits per heavy atom. The Morgan fingerprint density at radius 1 is 1.47 bits per heavy atom. The highest BCUT2D eigenvalue weighted by molar-refractivity contribution is 5.93. The number of carbonyl (C=O) groups excluding carboxylic acids is 1. The second kappa shape index (κ2) is 3.38. The highest BCUT2D eigenvalue weighted by Gasteiger charge is 2.11. The monoisotopic (exact) mass is 204 g/mol. The SMILES string of the molecule is COc1cc(C=O)cc2c(C)nn(C)c12. The molecule has 15 heavy (non-hydrogen) atoms. The molecule has 78 valence electrons. The molecule has 1 aromatic heterocycles. The zero-order valence-corrected chi connectivity index (χ0v) is 8.94. The molecule has 0 fully saturated rings. The van der Waals surface area contributed by atoms with E-state index in [-0.39, 0.29) is 0 Å². The zero-order valence-electron chi connectivity index (χ0n) is 8.94. The second-order valence-corrected chi connectivity index (χ2v) is 3.45. The van der Waals surface area contributed by atoms with E-state index in [0.29, 0.717) is 11.3 Å². The number of fused-ring (bicyclic) bond motifs is 1. The summed E-state index contributed by atoms with van der Waals surface area (Å²) in [7, 11) is 3.45. The van der Waals surface area contributed by atoms with E-state index in [1.807, 2.05) is 20.0 Å². The number of aromatic nitrogens is 2. The number of benzene rings is 1. The van der Waals surface area contributed by atoms with Gasteiger partial charge >= 0.3 is 0 Å². The summed E-state index contributed by atoms with van der Waals surface area (Å²) in [6.45, 7) is 1.91. The molecule has 0 aliphatic heterocycles. The first-order valence-corrected chi connectivity index (χ1v) is 4.64. The molecule has 4 nitrogen and oxygen atoms in total. The summed E-state index contributed by atoms with van der Waals surface area (Å²) >= 11 is 0. The van der Waals surface area contributed by atoms with Crippen molar-refractivity contribution in [3.05, 3.63) is 23.4 Å². The lowest BCUT2D eigenvalue weighted by atomic mass is 10.1. The van der Waals surface area contributed by atoms with Crippen molar-refractivity contribution in [1.29, 1.82) is 0 Å². The molecular weight excluding hydrogens is 192 g/mol. The van der Waals surface area contributed by atoms with Gasteiger partial charge in [0.25, 0.3) is 0 Å². The maximum absolute atomic E-state index is 10.8. The standard InChI is InChI=1S/C11H12N2O2/c1-7-9-4-8(6-14)5-10(15-3)11(9)13(2)12-7/h4-6H,1-3H3. The van der Waals surface area contributed by atoms with Crippen molar-refractivity contribution in [2.75, 3.05) is 7.11 Å². The van der Waals surface area contributed by atoms with Crippen LogP contribution in [0.5, 0.6) is 5.75 Å². The fourth-order valence-electron chi connectivity index (χ4n) is 1.79. The van der Waals surface area contributed by atoms with Crippen LogP contribution in [0.15, 0.2) is 12.1 Å². The van der Waals surface area contributed by atoms with Crippen LogP contribution >= 0.6 is 0 Å². The van der Waals surface area contributed by atoms with Gasteiger partial charge in [0.1, 0.15) is 17.6 Å². The van der Waals surface area contributed by atoms with E-state index in [9.17, 15) is 4.79 Å². The molecule has 0 atom stereocenters. The number of aldehydes is 1. The van der Waals surface area contributed by atoms with Crippen LogP contribution in [0, 0.1) is 6.92 Å². The van der Waals surface area contributed by atoms with Crippen LogP contribution in [0.3, 0.4) is 0 Å². The number of ether oxygens (including phenoxy) is 1. The van der Waals surface area contributed by atoms with E-state index < -0.39 is 0 Å².